The number of ether oxygens (including phenoxy) is 1. The summed E-state index contributed by atoms with van der Waals surface area (Å²) in [6.07, 6.45) is 2.17. The summed E-state index contributed by atoms with van der Waals surface area (Å²) in [4.78, 5) is 1.99. The van der Waals surface area contributed by atoms with E-state index in [0.717, 1.165) is 36.4 Å². The molecule has 0 saturated carbocycles. The Kier molecular flexibility index (Phi) is 3.88. The molecule has 20 heavy (non-hydrogen) atoms. The lowest BCUT2D eigenvalue weighted by Gasteiger charge is -2.29. The normalized spacial score (nSPS) is 13.9. The Morgan fingerprint density at radius 1 is 1.10 bits per heavy atom. The molecular formula is C17H19NO2. The third-order valence-electron chi connectivity index (χ3n) is 3.69. The van der Waals surface area contributed by atoms with Gasteiger partial charge in [-0.15, -0.1) is 0 Å². The second-order valence-corrected chi connectivity index (χ2v) is 5.07. The highest BCUT2D eigenvalue weighted by molar-refractivity contribution is 5.58. The first-order valence-corrected chi connectivity index (χ1v) is 7.02. The number of aryl methyl sites for hydroxylation is 1. The second-order valence-electron chi connectivity index (χ2n) is 5.07. The number of nitrogens with zero attached hydrogens (tertiary/aromatic N) is 1. The number of hydrogen-bond acceptors (Lipinski definition) is 3. The van der Waals surface area contributed by atoms with Crippen molar-refractivity contribution in [3.05, 3.63) is 59.7 Å². The maximum Gasteiger partial charge on any atom is 0.121 e. The van der Waals surface area contributed by atoms with Crippen LogP contribution in [0.3, 0.4) is 0 Å². The molecule has 0 unspecified atom stereocenters. The van der Waals surface area contributed by atoms with Crippen molar-refractivity contribution in [2.75, 3.05) is 18.2 Å². The standard InChI is InChI=1S/C17H19NO2/c19-13-18-10-4-7-15-8-9-16(11-17(15)18)20-12-14-5-2-1-3-6-14/h1-3,5-6,8-9,11,19H,4,7,10,12-13H2. The second kappa shape index (κ2) is 5.97. The number of fused-ring (bicyclic) bond motifs is 1. The van der Waals surface area contributed by atoms with Gasteiger partial charge in [0.25, 0.3) is 0 Å². The minimum absolute atomic E-state index is 0.0646. The number of hydrogen-bond donors (Lipinski definition) is 1. The molecule has 0 spiro atoms. The van der Waals surface area contributed by atoms with E-state index in [4.69, 9.17) is 4.74 Å². The molecule has 3 rings (SSSR count). The molecule has 1 aliphatic heterocycles. The topological polar surface area (TPSA) is 32.7 Å². The van der Waals surface area contributed by atoms with Gasteiger partial charge in [0.2, 0.25) is 0 Å². The first-order chi connectivity index (χ1) is 9.86. The maximum atomic E-state index is 9.42. The summed E-state index contributed by atoms with van der Waals surface area (Å²) in [6, 6.07) is 16.3. The van der Waals surface area contributed by atoms with Gasteiger partial charge in [-0.25, -0.2) is 0 Å². The Bertz CT molecular complexity index is 568. The van der Waals surface area contributed by atoms with Crippen molar-refractivity contribution in [2.24, 2.45) is 0 Å². The number of aliphatic hydroxyl groups excluding tert-OH is 1. The average molecular weight is 269 g/mol. The van der Waals surface area contributed by atoms with Crippen LogP contribution in [0.25, 0.3) is 0 Å². The predicted octanol–water partition coefficient (Wildman–Crippen LogP) is 2.97. The molecule has 0 aliphatic carbocycles. The Morgan fingerprint density at radius 2 is 1.95 bits per heavy atom. The molecular weight excluding hydrogens is 250 g/mol. The van der Waals surface area contributed by atoms with E-state index in [0.29, 0.717) is 6.61 Å². The van der Waals surface area contributed by atoms with Crippen molar-refractivity contribution >= 4 is 5.69 Å². The van der Waals surface area contributed by atoms with E-state index >= 15 is 0 Å². The molecule has 2 aromatic carbocycles. The molecule has 2 aromatic rings. The van der Waals surface area contributed by atoms with Gasteiger partial charge in [0.15, 0.2) is 0 Å². The molecule has 0 bridgehead atoms. The van der Waals surface area contributed by atoms with Gasteiger partial charge >= 0.3 is 0 Å². The van der Waals surface area contributed by atoms with Crippen molar-refractivity contribution in [3.8, 4) is 5.75 Å². The summed E-state index contributed by atoms with van der Waals surface area (Å²) < 4.78 is 5.84. The van der Waals surface area contributed by atoms with Gasteiger partial charge in [0, 0.05) is 18.3 Å². The zero-order chi connectivity index (χ0) is 13.8. The first-order valence-electron chi connectivity index (χ1n) is 7.02. The van der Waals surface area contributed by atoms with E-state index in [1.807, 2.05) is 35.2 Å². The summed E-state index contributed by atoms with van der Waals surface area (Å²) in [7, 11) is 0. The molecule has 0 saturated heterocycles. The van der Waals surface area contributed by atoms with Crippen molar-refractivity contribution in [1.82, 2.24) is 0 Å². The highest BCUT2D eigenvalue weighted by Gasteiger charge is 2.16. The fourth-order valence-corrected chi connectivity index (χ4v) is 2.61. The van der Waals surface area contributed by atoms with Crippen LogP contribution in [0.4, 0.5) is 5.69 Å². The van der Waals surface area contributed by atoms with Gasteiger partial charge in [0.1, 0.15) is 19.1 Å². The van der Waals surface area contributed by atoms with E-state index in [-0.39, 0.29) is 6.73 Å². The van der Waals surface area contributed by atoms with Crippen LogP contribution in [-0.4, -0.2) is 18.4 Å². The molecule has 0 aromatic heterocycles. The maximum absolute atomic E-state index is 9.42. The molecule has 0 amide bonds. The van der Waals surface area contributed by atoms with Crippen LogP contribution < -0.4 is 9.64 Å². The van der Waals surface area contributed by atoms with Crippen molar-refractivity contribution in [3.63, 3.8) is 0 Å². The zero-order valence-corrected chi connectivity index (χ0v) is 11.5. The van der Waals surface area contributed by atoms with Crippen molar-refractivity contribution in [2.45, 2.75) is 19.4 Å². The fourth-order valence-electron chi connectivity index (χ4n) is 2.61. The van der Waals surface area contributed by atoms with Gasteiger partial charge in [-0.2, -0.15) is 0 Å². The monoisotopic (exact) mass is 269 g/mol. The van der Waals surface area contributed by atoms with E-state index in [1.165, 1.54) is 5.56 Å². The molecule has 104 valence electrons. The average Bonchev–Trinajstić information content (AvgIpc) is 2.53. The van der Waals surface area contributed by atoms with E-state index in [2.05, 4.69) is 18.2 Å². The van der Waals surface area contributed by atoms with Crippen molar-refractivity contribution in [1.29, 1.82) is 0 Å². The van der Waals surface area contributed by atoms with E-state index in [9.17, 15) is 5.11 Å². The molecule has 0 fully saturated rings. The quantitative estimate of drug-likeness (QED) is 0.926. The van der Waals surface area contributed by atoms with Crippen LogP contribution in [0, 0.1) is 0 Å². The predicted molar refractivity (Wildman–Crippen MR) is 80.0 cm³/mol. The summed E-state index contributed by atoms with van der Waals surface area (Å²) >= 11 is 0. The van der Waals surface area contributed by atoms with Crippen LogP contribution in [0.2, 0.25) is 0 Å². The SMILES string of the molecule is OCN1CCCc2ccc(OCc3ccccc3)cc21. The lowest BCUT2D eigenvalue weighted by atomic mass is 10.0. The lowest BCUT2D eigenvalue weighted by Crippen LogP contribution is -2.30. The molecule has 3 nitrogen and oxygen atoms in total. The fraction of sp³-hybridized carbons (Fsp3) is 0.294. The smallest absolute Gasteiger partial charge is 0.121 e. The van der Waals surface area contributed by atoms with Gasteiger partial charge in [-0.3, -0.25) is 0 Å². The summed E-state index contributed by atoms with van der Waals surface area (Å²) in [5.74, 6) is 0.855. The molecule has 1 aliphatic rings. The summed E-state index contributed by atoms with van der Waals surface area (Å²) in [5, 5.41) is 9.42. The largest absolute Gasteiger partial charge is 0.489 e. The molecule has 0 atom stereocenters. The lowest BCUT2D eigenvalue weighted by molar-refractivity contribution is 0.286. The van der Waals surface area contributed by atoms with Gasteiger partial charge < -0.3 is 14.7 Å². The Morgan fingerprint density at radius 3 is 2.75 bits per heavy atom. The third kappa shape index (κ3) is 2.78. The van der Waals surface area contributed by atoms with Gasteiger partial charge in [-0.05, 0) is 30.0 Å². The van der Waals surface area contributed by atoms with Crippen LogP contribution >= 0.6 is 0 Å². The van der Waals surface area contributed by atoms with Gasteiger partial charge in [0.05, 0.1) is 0 Å². The minimum Gasteiger partial charge on any atom is -0.489 e. The molecule has 3 heteroatoms. The number of rotatable bonds is 4. The van der Waals surface area contributed by atoms with Crippen LogP contribution in [0.15, 0.2) is 48.5 Å². The number of anilines is 1. The van der Waals surface area contributed by atoms with Gasteiger partial charge in [-0.1, -0.05) is 36.4 Å². The Hall–Kier alpha value is -2.00. The Balaban J connectivity index is 1.75. The van der Waals surface area contributed by atoms with Crippen molar-refractivity contribution < 1.29 is 9.84 Å². The molecule has 1 heterocycles. The number of benzene rings is 2. The molecule has 0 radical (unpaired) electrons. The highest BCUT2D eigenvalue weighted by Crippen LogP contribution is 2.30. The van der Waals surface area contributed by atoms with E-state index in [1.54, 1.807) is 0 Å². The summed E-state index contributed by atoms with van der Waals surface area (Å²) in [5.41, 5.74) is 3.55. The minimum atomic E-state index is 0.0646. The van der Waals surface area contributed by atoms with Crippen LogP contribution in [-0.2, 0) is 13.0 Å². The number of aliphatic hydroxyl groups is 1. The van der Waals surface area contributed by atoms with Crippen LogP contribution in [0.5, 0.6) is 5.75 Å². The van der Waals surface area contributed by atoms with Crippen LogP contribution in [0.1, 0.15) is 17.5 Å². The highest BCUT2D eigenvalue weighted by atomic mass is 16.5. The zero-order valence-electron chi connectivity index (χ0n) is 11.5. The molecule has 1 N–H and O–H groups in total. The first kappa shape index (κ1) is 13.0. The van der Waals surface area contributed by atoms with E-state index < -0.39 is 0 Å². The third-order valence-corrected chi connectivity index (χ3v) is 3.69. The summed E-state index contributed by atoms with van der Waals surface area (Å²) in [6.45, 7) is 1.54. The Labute approximate surface area is 119 Å².